The summed E-state index contributed by atoms with van der Waals surface area (Å²) >= 11 is 0. The SMILES string of the molecule is CCC(CC(=O)O)NC(=O)[C@@H](NC(=O)OCC1c2ccccc2-c2ccccc21)[C@@H](C)OC. The minimum absolute atomic E-state index is 0.102. The third-order valence-electron chi connectivity index (χ3n) is 6.00. The lowest BCUT2D eigenvalue weighted by molar-refractivity contribution is -0.138. The van der Waals surface area contributed by atoms with E-state index in [1.54, 1.807) is 13.8 Å². The summed E-state index contributed by atoms with van der Waals surface area (Å²) in [7, 11) is 1.43. The van der Waals surface area contributed by atoms with Crippen molar-refractivity contribution in [2.45, 2.75) is 50.8 Å². The molecular weight excluding hydrogens is 424 g/mol. The number of carbonyl (C=O) groups is 3. The van der Waals surface area contributed by atoms with Gasteiger partial charge < -0.3 is 25.2 Å². The van der Waals surface area contributed by atoms with Crippen LogP contribution >= 0.6 is 0 Å². The summed E-state index contributed by atoms with van der Waals surface area (Å²) in [5, 5.41) is 14.3. The summed E-state index contributed by atoms with van der Waals surface area (Å²) in [6.45, 7) is 3.54. The molecule has 2 aromatic carbocycles. The number of rotatable bonds is 10. The molecule has 1 unspecified atom stereocenters. The van der Waals surface area contributed by atoms with Crippen molar-refractivity contribution in [3.63, 3.8) is 0 Å². The zero-order chi connectivity index (χ0) is 24.0. The van der Waals surface area contributed by atoms with Crippen LogP contribution in [0.1, 0.15) is 43.7 Å². The third-order valence-corrected chi connectivity index (χ3v) is 6.00. The van der Waals surface area contributed by atoms with Crippen LogP contribution in [0.2, 0.25) is 0 Å². The summed E-state index contributed by atoms with van der Waals surface area (Å²) in [5.41, 5.74) is 4.42. The second kappa shape index (κ2) is 11.0. The van der Waals surface area contributed by atoms with Gasteiger partial charge in [0, 0.05) is 19.1 Å². The quantitative estimate of drug-likeness (QED) is 0.508. The van der Waals surface area contributed by atoms with E-state index in [4.69, 9.17) is 14.6 Å². The highest BCUT2D eigenvalue weighted by molar-refractivity contribution is 5.87. The zero-order valence-electron chi connectivity index (χ0n) is 19.0. The fraction of sp³-hybridized carbons (Fsp3) is 0.400. The van der Waals surface area contributed by atoms with Gasteiger partial charge in [0.05, 0.1) is 12.5 Å². The minimum atomic E-state index is -1.03. The van der Waals surface area contributed by atoms with Crippen LogP contribution < -0.4 is 10.6 Å². The lowest BCUT2D eigenvalue weighted by Crippen LogP contribution is -2.55. The molecule has 0 heterocycles. The smallest absolute Gasteiger partial charge is 0.407 e. The molecule has 0 aliphatic heterocycles. The van der Waals surface area contributed by atoms with Crippen LogP contribution in [0.4, 0.5) is 4.79 Å². The Morgan fingerprint density at radius 1 is 1.00 bits per heavy atom. The highest BCUT2D eigenvalue weighted by atomic mass is 16.5. The maximum atomic E-state index is 12.8. The molecule has 8 nitrogen and oxygen atoms in total. The fourth-order valence-electron chi connectivity index (χ4n) is 4.10. The van der Waals surface area contributed by atoms with Crippen LogP contribution in [0.5, 0.6) is 0 Å². The molecule has 8 heteroatoms. The van der Waals surface area contributed by atoms with Crippen molar-refractivity contribution in [3.05, 3.63) is 59.7 Å². The van der Waals surface area contributed by atoms with Gasteiger partial charge in [0.2, 0.25) is 5.91 Å². The first-order valence-corrected chi connectivity index (χ1v) is 11.0. The Morgan fingerprint density at radius 3 is 2.09 bits per heavy atom. The van der Waals surface area contributed by atoms with Crippen molar-refractivity contribution in [3.8, 4) is 11.1 Å². The van der Waals surface area contributed by atoms with Gasteiger partial charge in [0.1, 0.15) is 12.6 Å². The minimum Gasteiger partial charge on any atom is -0.481 e. The average Bonchev–Trinajstić information content (AvgIpc) is 3.13. The van der Waals surface area contributed by atoms with Crippen LogP contribution in [0.25, 0.3) is 11.1 Å². The molecule has 0 fully saturated rings. The molecule has 0 saturated heterocycles. The van der Waals surface area contributed by atoms with Crippen LogP contribution in [-0.2, 0) is 19.1 Å². The number of carboxylic acids is 1. The Morgan fingerprint density at radius 2 is 1.58 bits per heavy atom. The molecule has 0 bridgehead atoms. The van der Waals surface area contributed by atoms with E-state index < -0.39 is 36.2 Å². The summed E-state index contributed by atoms with van der Waals surface area (Å²) in [5.74, 6) is -1.63. The standard InChI is InChI=1S/C25H30N2O6/c1-4-16(13-22(28)29)26-24(30)23(15(2)32-3)27-25(31)33-14-21-19-11-7-5-9-17(19)18-10-6-8-12-20(18)21/h5-12,15-16,21,23H,4,13-14H2,1-3H3,(H,26,30)(H,27,31)(H,28,29)/t15-,16?,23+/m1/s1. The van der Waals surface area contributed by atoms with Gasteiger partial charge >= 0.3 is 12.1 Å². The predicted molar refractivity (Wildman–Crippen MR) is 123 cm³/mol. The molecule has 33 heavy (non-hydrogen) atoms. The first-order valence-electron chi connectivity index (χ1n) is 11.0. The highest BCUT2D eigenvalue weighted by Crippen LogP contribution is 2.44. The van der Waals surface area contributed by atoms with Crippen LogP contribution in [-0.4, -0.2) is 55.0 Å². The van der Waals surface area contributed by atoms with Gasteiger partial charge in [-0.15, -0.1) is 0 Å². The molecule has 2 aromatic rings. The van der Waals surface area contributed by atoms with Crippen LogP contribution in [0, 0.1) is 0 Å². The number of amides is 2. The topological polar surface area (TPSA) is 114 Å². The number of carboxylic acid groups (broad SMARTS) is 1. The fourth-order valence-corrected chi connectivity index (χ4v) is 4.10. The van der Waals surface area contributed by atoms with E-state index in [9.17, 15) is 14.4 Å². The van der Waals surface area contributed by atoms with E-state index in [1.807, 2.05) is 36.4 Å². The molecule has 0 spiro atoms. The number of methoxy groups -OCH3 is 1. The first-order chi connectivity index (χ1) is 15.8. The molecule has 2 amide bonds. The molecule has 176 valence electrons. The second-order valence-electron chi connectivity index (χ2n) is 8.10. The predicted octanol–water partition coefficient (Wildman–Crippen LogP) is 3.30. The number of carbonyl (C=O) groups excluding carboxylic acids is 2. The Kier molecular flexibility index (Phi) is 8.06. The molecule has 3 N–H and O–H groups in total. The van der Waals surface area contributed by atoms with Crippen molar-refractivity contribution in [2.24, 2.45) is 0 Å². The van der Waals surface area contributed by atoms with Crippen molar-refractivity contribution in [2.75, 3.05) is 13.7 Å². The Bertz CT molecular complexity index is 962. The van der Waals surface area contributed by atoms with E-state index in [-0.39, 0.29) is 18.9 Å². The number of ether oxygens (including phenoxy) is 2. The summed E-state index contributed by atoms with van der Waals surface area (Å²) < 4.78 is 10.8. The Balaban J connectivity index is 1.66. The van der Waals surface area contributed by atoms with E-state index in [1.165, 1.54) is 7.11 Å². The molecule has 0 saturated carbocycles. The van der Waals surface area contributed by atoms with Crippen molar-refractivity contribution in [1.29, 1.82) is 0 Å². The van der Waals surface area contributed by atoms with E-state index in [0.29, 0.717) is 6.42 Å². The van der Waals surface area contributed by atoms with Crippen molar-refractivity contribution >= 4 is 18.0 Å². The van der Waals surface area contributed by atoms with Crippen molar-refractivity contribution in [1.82, 2.24) is 10.6 Å². The summed E-state index contributed by atoms with van der Waals surface area (Å²) in [6.07, 6.45) is -1.15. The lowest BCUT2D eigenvalue weighted by atomic mass is 9.98. The monoisotopic (exact) mass is 454 g/mol. The van der Waals surface area contributed by atoms with Gasteiger partial charge in [0.25, 0.3) is 0 Å². The summed E-state index contributed by atoms with van der Waals surface area (Å²) in [4.78, 5) is 36.4. The van der Waals surface area contributed by atoms with Crippen LogP contribution in [0.15, 0.2) is 48.5 Å². The van der Waals surface area contributed by atoms with E-state index in [2.05, 4.69) is 22.8 Å². The number of aliphatic carboxylic acids is 1. The van der Waals surface area contributed by atoms with Gasteiger partial charge in [-0.3, -0.25) is 9.59 Å². The molecule has 1 aliphatic carbocycles. The molecule has 1 aliphatic rings. The zero-order valence-corrected chi connectivity index (χ0v) is 19.0. The number of hydrogen-bond donors (Lipinski definition) is 3. The van der Waals surface area contributed by atoms with Gasteiger partial charge in [-0.25, -0.2) is 4.79 Å². The number of benzene rings is 2. The van der Waals surface area contributed by atoms with Crippen molar-refractivity contribution < 1.29 is 29.0 Å². The second-order valence-corrected chi connectivity index (χ2v) is 8.10. The van der Waals surface area contributed by atoms with Crippen LogP contribution in [0.3, 0.4) is 0 Å². The van der Waals surface area contributed by atoms with Gasteiger partial charge in [-0.1, -0.05) is 55.5 Å². The van der Waals surface area contributed by atoms with Gasteiger partial charge in [-0.2, -0.15) is 0 Å². The molecule has 3 rings (SSSR count). The molecular formula is C25H30N2O6. The Hall–Kier alpha value is -3.39. The third kappa shape index (κ3) is 5.70. The molecule has 3 atom stereocenters. The van der Waals surface area contributed by atoms with E-state index >= 15 is 0 Å². The number of hydrogen-bond acceptors (Lipinski definition) is 5. The Labute approximate surface area is 193 Å². The first kappa shape index (κ1) is 24.3. The highest BCUT2D eigenvalue weighted by Gasteiger charge is 2.32. The normalized spacial score (nSPS) is 15.0. The number of fused-ring (bicyclic) bond motifs is 3. The lowest BCUT2D eigenvalue weighted by Gasteiger charge is -2.25. The summed E-state index contributed by atoms with van der Waals surface area (Å²) in [6, 6.07) is 14.4. The number of alkyl carbamates (subject to hydrolysis) is 1. The van der Waals surface area contributed by atoms with Gasteiger partial charge in [0.15, 0.2) is 0 Å². The molecule has 0 aromatic heterocycles. The van der Waals surface area contributed by atoms with E-state index in [0.717, 1.165) is 22.3 Å². The maximum absolute atomic E-state index is 12.8. The maximum Gasteiger partial charge on any atom is 0.407 e. The molecule has 0 radical (unpaired) electrons. The number of nitrogens with one attached hydrogen (secondary N) is 2. The average molecular weight is 455 g/mol. The largest absolute Gasteiger partial charge is 0.481 e. The van der Waals surface area contributed by atoms with Gasteiger partial charge in [-0.05, 0) is 35.6 Å².